The van der Waals surface area contributed by atoms with E-state index in [9.17, 15) is 8.78 Å². The fourth-order valence-corrected chi connectivity index (χ4v) is 1.63. The van der Waals surface area contributed by atoms with Crippen molar-refractivity contribution in [2.24, 2.45) is 0 Å². The molecule has 0 spiro atoms. The maximum atomic E-state index is 13.4. The summed E-state index contributed by atoms with van der Waals surface area (Å²) in [6, 6.07) is 6.71. The van der Waals surface area contributed by atoms with Gasteiger partial charge in [-0.2, -0.15) is 0 Å². The number of halogens is 2. The predicted octanol–water partition coefficient (Wildman–Crippen LogP) is 3.37. The van der Waals surface area contributed by atoms with E-state index in [1.54, 1.807) is 12.3 Å². The maximum absolute atomic E-state index is 13.4. The maximum Gasteiger partial charge on any atom is 0.165 e. The van der Waals surface area contributed by atoms with Gasteiger partial charge in [-0.1, -0.05) is 6.07 Å². The molecule has 0 aliphatic heterocycles. The highest BCUT2D eigenvalue weighted by molar-refractivity contribution is 5.43. The molecule has 0 bridgehead atoms. The third-order valence-electron chi connectivity index (χ3n) is 2.51. The summed E-state index contributed by atoms with van der Waals surface area (Å²) in [6.45, 7) is 2.79. The molecule has 0 saturated heterocycles. The van der Waals surface area contributed by atoms with Crippen LogP contribution in [0.5, 0.6) is 5.75 Å². The molecule has 1 heterocycles. The Bertz CT molecular complexity index is 561. The van der Waals surface area contributed by atoms with E-state index in [-0.39, 0.29) is 12.4 Å². The van der Waals surface area contributed by atoms with Gasteiger partial charge >= 0.3 is 0 Å². The van der Waals surface area contributed by atoms with E-state index in [2.05, 4.69) is 10.3 Å². The normalized spacial score (nSPS) is 10.3. The van der Waals surface area contributed by atoms with Gasteiger partial charge in [0.25, 0.3) is 0 Å². The van der Waals surface area contributed by atoms with Crippen LogP contribution in [0.2, 0.25) is 0 Å². The van der Waals surface area contributed by atoms with Crippen molar-refractivity contribution in [3.63, 3.8) is 0 Å². The van der Waals surface area contributed by atoms with E-state index in [1.807, 2.05) is 13.0 Å². The Kier molecular flexibility index (Phi) is 4.28. The van der Waals surface area contributed by atoms with Crippen LogP contribution in [0.25, 0.3) is 0 Å². The topological polar surface area (TPSA) is 34.2 Å². The van der Waals surface area contributed by atoms with Crippen LogP contribution in [0, 0.1) is 11.6 Å². The largest absolute Gasteiger partial charge is 0.486 e. The highest BCUT2D eigenvalue weighted by Gasteiger charge is 2.07. The number of hydrogen-bond acceptors (Lipinski definition) is 3. The third-order valence-corrected chi connectivity index (χ3v) is 2.51. The minimum atomic E-state index is -0.588. The van der Waals surface area contributed by atoms with Gasteiger partial charge in [-0.15, -0.1) is 0 Å². The van der Waals surface area contributed by atoms with Gasteiger partial charge in [0, 0.05) is 24.4 Å². The molecule has 0 unspecified atom stereocenters. The molecular weight excluding hydrogens is 250 g/mol. The van der Waals surface area contributed by atoms with Gasteiger partial charge in [0.05, 0.1) is 0 Å². The molecule has 0 aliphatic carbocycles. The standard InChI is InChI=1S/C14H14F2N2O/c1-2-17-14-10(4-3-7-18-14)9-19-13-8-11(15)5-6-12(13)16/h3-8H,2,9H2,1H3,(H,17,18). The molecule has 1 aromatic heterocycles. The second kappa shape index (κ2) is 6.13. The minimum absolute atomic E-state index is 0.105. The van der Waals surface area contributed by atoms with E-state index in [0.29, 0.717) is 5.82 Å². The van der Waals surface area contributed by atoms with E-state index in [4.69, 9.17) is 4.74 Å². The molecule has 2 rings (SSSR count). The van der Waals surface area contributed by atoms with E-state index in [0.717, 1.165) is 30.3 Å². The van der Waals surface area contributed by atoms with Gasteiger partial charge in [-0.05, 0) is 25.1 Å². The second-order valence-electron chi connectivity index (χ2n) is 3.90. The Hall–Kier alpha value is -2.17. The van der Waals surface area contributed by atoms with E-state index < -0.39 is 11.6 Å². The quantitative estimate of drug-likeness (QED) is 0.899. The fourth-order valence-electron chi connectivity index (χ4n) is 1.63. The zero-order valence-corrected chi connectivity index (χ0v) is 10.5. The number of pyridine rings is 1. The second-order valence-corrected chi connectivity index (χ2v) is 3.90. The number of nitrogens with zero attached hydrogens (tertiary/aromatic N) is 1. The Morgan fingerprint density at radius 1 is 1.26 bits per heavy atom. The van der Waals surface area contributed by atoms with Crippen LogP contribution in [0.3, 0.4) is 0 Å². The Morgan fingerprint density at radius 2 is 2.11 bits per heavy atom. The molecule has 19 heavy (non-hydrogen) atoms. The van der Waals surface area contributed by atoms with Crippen molar-refractivity contribution in [3.05, 3.63) is 53.7 Å². The van der Waals surface area contributed by atoms with Crippen molar-refractivity contribution in [3.8, 4) is 5.75 Å². The molecular formula is C14H14F2N2O. The fraction of sp³-hybridized carbons (Fsp3) is 0.214. The number of hydrogen-bond donors (Lipinski definition) is 1. The summed E-state index contributed by atoms with van der Waals surface area (Å²) >= 11 is 0. The summed E-state index contributed by atoms with van der Waals surface area (Å²) in [7, 11) is 0. The van der Waals surface area contributed by atoms with Crippen molar-refractivity contribution in [2.75, 3.05) is 11.9 Å². The smallest absolute Gasteiger partial charge is 0.165 e. The van der Waals surface area contributed by atoms with Crippen molar-refractivity contribution in [2.45, 2.75) is 13.5 Å². The molecule has 1 N–H and O–H groups in total. The number of benzene rings is 1. The molecule has 0 saturated carbocycles. The van der Waals surface area contributed by atoms with Gasteiger partial charge in [0.1, 0.15) is 18.2 Å². The number of rotatable bonds is 5. The number of nitrogens with one attached hydrogen (secondary N) is 1. The summed E-state index contributed by atoms with van der Waals surface area (Å²) in [5, 5.41) is 3.08. The van der Waals surface area contributed by atoms with E-state index >= 15 is 0 Å². The molecule has 5 heteroatoms. The van der Waals surface area contributed by atoms with Crippen LogP contribution in [-0.2, 0) is 6.61 Å². The van der Waals surface area contributed by atoms with Crippen molar-refractivity contribution in [1.29, 1.82) is 0 Å². The molecule has 2 aromatic rings. The van der Waals surface area contributed by atoms with Crippen LogP contribution in [0.4, 0.5) is 14.6 Å². The number of aromatic nitrogens is 1. The average molecular weight is 264 g/mol. The van der Waals surface area contributed by atoms with Crippen molar-refractivity contribution < 1.29 is 13.5 Å². The minimum Gasteiger partial charge on any atom is -0.486 e. The highest BCUT2D eigenvalue weighted by atomic mass is 19.1. The van der Waals surface area contributed by atoms with Gasteiger partial charge in [0.2, 0.25) is 0 Å². The summed E-state index contributed by atoms with van der Waals surface area (Å²) in [5.74, 6) is -0.544. The van der Waals surface area contributed by atoms with E-state index in [1.165, 1.54) is 0 Å². The van der Waals surface area contributed by atoms with Gasteiger partial charge in [0.15, 0.2) is 11.6 Å². The molecule has 0 aliphatic rings. The molecule has 0 fully saturated rings. The lowest BCUT2D eigenvalue weighted by Crippen LogP contribution is -2.06. The van der Waals surface area contributed by atoms with Crippen molar-refractivity contribution in [1.82, 2.24) is 4.98 Å². The third kappa shape index (κ3) is 3.40. The lowest BCUT2D eigenvalue weighted by Gasteiger charge is -2.11. The lowest BCUT2D eigenvalue weighted by molar-refractivity contribution is 0.288. The first-order valence-electron chi connectivity index (χ1n) is 5.96. The lowest BCUT2D eigenvalue weighted by atomic mass is 10.2. The summed E-state index contributed by atoms with van der Waals surface area (Å²) in [4.78, 5) is 4.16. The first kappa shape index (κ1) is 13.3. The van der Waals surface area contributed by atoms with Gasteiger partial charge in [-0.25, -0.2) is 13.8 Å². The zero-order valence-electron chi connectivity index (χ0n) is 10.5. The Labute approximate surface area is 110 Å². The number of ether oxygens (including phenoxy) is 1. The SMILES string of the molecule is CCNc1ncccc1COc1cc(F)ccc1F. The van der Waals surface area contributed by atoms with Crippen LogP contribution in [0.15, 0.2) is 36.5 Å². The molecule has 1 aromatic carbocycles. The summed E-state index contributed by atoms with van der Waals surface area (Å²) in [5.41, 5.74) is 0.785. The van der Waals surface area contributed by atoms with Crippen LogP contribution in [0.1, 0.15) is 12.5 Å². The average Bonchev–Trinajstić information content (AvgIpc) is 2.42. The first-order chi connectivity index (χ1) is 9.20. The van der Waals surface area contributed by atoms with Gasteiger partial charge in [-0.3, -0.25) is 0 Å². The van der Waals surface area contributed by atoms with Crippen LogP contribution < -0.4 is 10.1 Å². The highest BCUT2D eigenvalue weighted by Crippen LogP contribution is 2.20. The predicted molar refractivity (Wildman–Crippen MR) is 69.1 cm³/mol. The first-order valence-corrected chi connectivity index (χ1v) is 5.96. The molecule has 3 nitrogen and oxygen atoms in total. The summed E-state index contributed by atoms with van der Waals surface area (Å²) in [6.07, 6.45) is 1.66. The van der Waals surface area contributed by atoms with Crippen molar-refractivity contribution >= 4 is 5.82 Å². The Balaban J connectivity index is 2.12. The molecule has 0 radical (unpaired) electrons. The van der Waals surface area contributed by atoms with Crippen LogP contribution >= 0.6 is 0 Å². The van der Waals surface area contributed by atoms with Gasteiger partial charge < -0.3 is 10.1 Å². The monoisotopic (exact) mass is 264 g/mol. The number of anilines is 1. The molecule has 0 amide bonds. The Morgan fingerprint density at radius 3 is 2.89 bits per heavy atom. The summed E-state index contributed by atoms with van der Waals surface area (Å²) < 4.78 is 31.7. The molecule has 0 atom stereocenters. The zero-order chi connectivity index (χ0) is 13.7. The molecule has 100 valence electrons. The van der Waals surface area contributed by atoms with Crippen LogP contribution in [-0.4, -0.2) is 11.5 Å².